The fourth-order valence-corrected chi connectivity index (χ4v) is 2.84. The van der Waals surface area contributed by atoms with E-state index in [1.807, 2.05) is 18.2 Å². The van der Waals surface area contributed by atoms with E-state index in [0.717, 1.165) is 32.6 Å². The van der Waals surface area contributed by atoms with E-state index in [-0.39, 0.29) is 0 Å². The van der Waals surface area contributed by atoms with E-state index < -0.39 is 0 Å². The molecule has 16 heavy (non-hydrogen) atoms. The highest BCUT2D eigenvalue weighted by atomic mass is 79.9. The highest BCUT2D eigenvalue weighted by Crippen LogP contribution is 2.31. The zero-order chi connectivity index (χ0) is 11.0. The fourth-order valence-electron chi connectivity index (χ4n) is 1.67. The molecule has 0 aliphatic carbocycles. The molecule has 2 aromatic heterocycles. The molecular formula is C12H8BrNOS. The SMILES string of the molecule is BrCc1nc(-c2coc3ccccc23)cs1. The minimum atomic E-state index is 0.799. The number of aromatic nitrogens is 1. The summed E-state index contributed by atoms with van der Waals surface area (Å²) in [5, 5.41) is 5.07. The van der Waals surface area contributed by atoms with Crippen molar-refractivity contribution in [1.82, 2.24) is 4.98 Å². The lowest BCUT2D eigenvalue weighted by atomic mass is 10.1. The van der Waals surface area contributed by atoms with Crippen molar-refractivity contribution in [3.8, 4) is 11.3 Å². The Balaban J connectivity index is 2.18. The second-order valence-corrected chi connectivity index (χ2v) is 4.91. The third-order valence-corrected chi connectivity index (χ3v) is 4.17. The summed E-state index contributed by atoms with van der Waals surface area (Å²) in [5.74, 6) is 0. The summed E-state index contributed by atoms with van der Waals surface area (Å²) in [4.78, 5) is 4.53. The molecule has 3 aromatic rings. The van der Waals surface area contributed by atoms with E-state index in [9.17, 15) is 0 Å². The van der Waals surface area contributed by atoms with Gasteiger partial charge in [0.15, 0.2) is 0 Å². The number of nitrogens with zero attached hydrogens (tertiary/aromatic N) is 1. The van der Waals surface area contributed by atoms with E-state index in [4.69, 9.17) is 4.42 Å². The minimum absolute atomic E-state index is 0.799. The van der Waals surface area contributed by atoms with Crippen LogP contribution in [0.1, 0.15) is 5.01 Å². The second-order valence-electron chi connectivity index (χ2n) is 3.41. The van der Waals surface area contributed by atoms with Gasteiger partial charge in [0.25, 0.3) is 0 Å². The fraction of sp³-hybridized carbons (Fsp3) is 0.0833. The molecule has 0 bridgehead atoms. The number of halogens is 1. The van der Waals surface area contributed by atoms with Gasteiger partial charge in [0.05, 0.1) is 11.0 Å². The van der Waals surface area contributed by atoms with Gasteiger partial charge in [-0.05, 0) is 6.07 Å². The lowest BCUT2D eigenvalue weighted by Gasteiger charge is -1.91. The Bertz CT molecular complexity index is 629. The molecule has 4 heteroatoms. The van der Waals surface area contributed by atoms with Crippen molar-refractivity contribution < 1.29 is 4.42 Å². The van der Waals surface area contributed by atoms with Crippen LogP contribution in [0.15, 0.2) is 40.3 Å². The van der Waals surface area contributed by atoms with Crippen LogP contribution in [0.5, 0.6) is 0 Å². The molecule has 0 fully saturated rings. The van der Waals surface area contributed by atoms with Crippen LogP contribution in [0.2, 0.25) is 0 Å². The molecule has 0 aliphatic heterocycles. The molecule has 80 valence electrons. The van der Waals surface area contributed by atoms with Gasteiger partial charge in [0.1, 0.15) is 16.9 Å². The molecule has 0 N–H and O–H groups in total. The average Bonchev–Trinajstić information content (AvgIpc) is 2.94. The quantitative estimate of drug-likeness (QED) is 0.653. The van der Waals surface area contributed by atoms with Crippen LogP contribution in [-0.2, 0) is 5.33 Å². The Kier molecular flexibility index (Phi) is 2.53. The largest absolute Gasteiger partial charge is 0.464 e. The predicted octanol–water partition coefficient (Wildman–Crippen LogP) is 4.45. The third kappa shape index (κ3) is 1.58. The summed E-state index contributed by atoms with van der Waals surface area (Å²) >= 11 is 5.07. The average molecular weight is 294 g/mol. The molecule has 0 aliphatic rings. The summed E-state index contributed by atoms with van der Waals surface area (Å²) in [5.41, 5.74) is 2.97. The molecule has 0 radical (unpaired) electrons. The van der Waals surface area contributed by atoms with Crippen LogP contribution in [0, 0.1) is 0 Å². The number of furan rings is 1. The van der Waals surface area contributed by atoms with E-state index >= 15 is 0 Å². The maximum absolute atomic E-state index is 5.50. The number of hydrogen-bond acceptors (Lipinski definition) is 3. The van der Waals surface area contributed by atoms with Gasteiger partial charge in [0, 0.05) is 16.3 Å². The molecule has 3 rings (SSSR count). The highest BCUT2D eigenvalue weighted by Gasteiger charge is 2.10. The number of hydrogen-bond donors (Lipinski definition) is 0. The van der Waals surface area contributed by atoms with Crippen molar-refractivity contribution >= 4 is 38.2 Å². The van der Waals surface area contributed by atoms with Crippen LogP contribution in [0.25, 0.3) is 22.2 Å². The van der Waals surface area contributed by atoms with E-state index in [1.54, 1.807) is 17.6 Å². The van der Waals surface area contributed by atoms with Gasteiger partial charge >= 0.3 is 0 Å². The molecule has 0 atom stereocenters. The van der Waals surface area contributed by atoms with Gasteiger partial charge in [-0.1, -0.05) is 34.1 Å². The standard InChI is InChI=1S/C12H8BrNOS/c13-5-12-14-10(7-16-12)9-6-15-11-4-2-1-3-8(9)11/h1-4,6-7H,5H2. The molecule has 2 heterocycles. The Morgan fingerprint density at radius 1 is 1.31 bits per heavy atom. The Hall–Kier alpha value is -1.13. The first-order chi connectivity index (χ1) is 7.88. The zero-order valence-corrected chi connectivity index (χ0v) is 10.7. The zero-order valence-electron chi connectivity index (χ0n) is 8.31. The van der Waals surface area contributed by atoms with Crippen LogP contribution in [0.4, 0.5) is 0 Å². The number of benzene rings is 1. The summed E-state index contributed by atoms with van der Waals surface area (Å²) < 4.78 is 5.50. The number of fused-ring (bicyclic) bond motifs is 1. The maximum atomic E-state index is 5.50. The van der Waals surface area contributed by atoms with E-state index in [2.05, 4.69) is 32.4 Å². The van der Waals surface area contributed by atoms with Gasteiger partial charge in [-0.15, -0.1) is 11.3 Å². The van der Waals surface area contributed by atoms with Crippen molar-refractivity contribution in [1.29, 1.82) is 0 Å². The maximum Gasteiger partial charge on any atom is 0.134 e. The lowest BCUT2D eigenvalue weighted by Crippen LogP contribution is -1.77. The highest BCUT2D eigenvalue weighted by molar-refractivity contribution is 9.08. The Morgan fingerprint density at radius 3 is 3.00 bits per heavy atom. The smallest absolute Gasteiger partial charge is 0.134 e. The monoisotopic (exact) mass is 293 g/mol. The van der Waals surface area contributed by atoms with Gasteiger partial charge in [0.2, 0.25) is 0 Å². The van der Waals surface area contributed by atoms with Gasteiger partial charge in [-0.25, -0.2) is 4.98 Å². The Morgan fingerprint density at radius 2 is 2.19 bits per heavy atom. The normalized spacial score (nSPS) is 11.1. The lowest BCUT2D eigenvalue weighted by molar-refractivity contribution is 0.617. The van der Waals surface area contributed by atoms with E-state index in [1.165, 1.54) is 0 Å². The van der Waals surface area contributed by atoms with Crippen LogP contribution >= 0.6 is 27.3 Å². The third-order valence-electron chi connectivity index (χ3n) is 2.42. The summed E-state index contributed by atoms with van der Waals surface area (Å²) in [7, 11) is 0. The molecule has 1 aromatic carbocycles. The van der Waals surface area contributed by atoms with Crippen LogP contribution in [-0.4, -0.2) is 4.98 Å². The van der Waals surface area contributed by atoms with Gasteiger partial charge in [-0.2, -0.15) is 0 Å². The van der Waals surface area contributed by atoms with E-state index in [0.29, 0.717) is 0 Å². The number of rotatable bonds is 2. The molecule has 2 nitrogen and oxygen atoms in total. The predicted molar refractivity (Wildman–Crippen MR) is 70.0 cm³/mol. The molecular weight excluding hydrogens is 286 g/mol. The van der Waals surface area contributed by atoms with Gasteiger partial charge < -0.3 is 4.42 Å². The number of alkyl halides is 1. The Labute approximate surface area is 105 Å². The van der Waals surface area contributed by atoms with Crippen LogP contribution in [0.3, 0.4) is 0 Å². The first-order valence-corrected chi connectivity index (χ1v) is 6.85. The van der Waals surface area contributed by atoms with Gasteiger partial charge in [-0.3, -0.25) is 0 Å². The number of para-hydroxylation sites is 1. The number of thiazole rings is 1. The molecule has 0 amide bonds. The van der Waals surface area contributed by atoms with Crippen molar-refractivity contribution in [2.75, 3.05) is 0 Å². The molecule has 0 unspecified atom stereocenters. The summed E-state index contributed by atoms with van der Waals surface area (Å²) in [6.07, 6.45) is 1.78. The van der Waals surface area contributed by atoms with Crippen molar-refractivity contribution in [3.05, 3.63) is 40.9 Å². The summed E-state index contributed by atoms with van der Waals surface area (Å²) in [6.45, 7) is 0. The molecule has 0 spiro atoms. The molecule has 0 saturated heterocycles. The minimum Gasteiger partial charge on any atom is -0.464 e. The first-order valence-electron chi connectivity index (χ1n) is 4.85. The van der Waals surface area contributed by atoms with Crippen LogP contribution < -0.4 is 0 Å². The summed E-state index contributed by atoms with van der Waals surface area (Å²) in [6, 6.07) is 8.01. The van der Waals surface area contributed by atoms with Crippen molar-refractivity contribution in [2.45, 2.75) is 5.33 Å². The van der Waals surface area contributed by atoms with Crippen molar-refractivity contribution in [3.63, 3.8) is 0 Å². The first kappa shape index (κ1) is 10.1. The molecule has 0 saturated carbocycles. The van der Waals surface area contributed by atoms with Crippen molar-refractivity contribution in [2.24, 2.45) is 0 Å². The second kappa shape index (κ2) is 4.03. The topological polar surface area (TPSA) is 26.0 Å².